The van der Waals surface area contributed by atoms with E-state index in [1.807, 2.05) is 0 Å². The maximum atomic E-state index is 13.9. The van der Waals surface area contributed by atoms with Gasteiger partial charge in [-0.3, -0.25) is 4.98 Å². The fourth-order valence-corrected chi connectivity index (χ4v) is 3.21. The third kappa shape index (κ3) is 3.38. The molecule has 0 N–H and O–H groups in total. The van der Waals surface area contributed by atoms with Crippen molar-refractivity contribution in [1.82, 2.24) is 19.7 Å². The lowest BCUT2D eigenvalue weighted by atomic mass is 10.1. The average Bonchev–Trinajstić information content (AvgIpc) is 3.09. The molecule has 3 heterocycles. The number of aromatic nitrogens is 4. The van der Waals surface area contributed by atoms with Crippen molar-refractivity contribution in [2.75, 3.05) is 7.11 Å². The number of carbonyl (C=O) groups is 1. The summed E-state index contributed by atoms with van der Waals surface area (Å²) in [6, 6.07) is 10.5. The van der Waals surface area contributed by atoms with E-state index in [9.17, 15) is 18.0 Å². The van der Waals surface area contributed by atoms with Crippen molar-refractivity contribution in [1.29, 1.82) is 0 Å². The molecule has 3 aromatic heterocycles. The first-order valence-corrected chi connectivity index (χ1v) is 8.86. The van der Waals surface area contributed by atoms with Crippen molar-refractivity contribution in [3.8, 4) is 16.9 Å². The largest absolute Gasteiger partial charge is 0.465 e. The summed E-state index contributed by atoms with van der Waals surface area (Å²) in [7, 11) is 1.27. The number of hydrogen-bond acceptors (Lipinski definition) is 5. The predicted molar refractivity (Wildman–Crippen MR) is 103 cm³/mol. The Balaban J connectivity index is 1.97. The normalized spacial score (nSPS) is 11.6. The van der Waals surface area contributed by atoms with Crippen LogP contribution in [-0.2, 0) is 10.9 Å². The van der Waals surface area contributed by atoms with Crippen LogP contribution >= 0.6 is 0 Å². The molecule has 0 amide bonds. The standard InChI is InChI=1S/C21H15F3N4O2/c1-12-18-16(21(22,23)24)10-17(14-4-3-9-25-11-14)26-19(18)28(27-12)15-7-5-13(6-8-15)20(29)30-2/h3-11H,1-2H3. The molecule has 0 aliphatic carbocycles. The molecule has 4 aromatic rings. The molecule has 0 aliphatic rings. The number of rotatable bonds is 3. The Kier molecular flexibility index (Phi) is 4.73. The van der Waals surface area contributed by atoms with E-state index in [0.29, 0.717) is 16.8 Å². The smallest absolute Gasteiger partial charge is 0.417 e. The van der Waals surface area contributed by atoms with Crippen molar-refractivity contribution >= 4 is 17.0 Å². The van der Waals surface area contributed by atoms with Crippen LogP contribution in [-0.4, -0.2) is 32.8 Å². The molecule has 0 saturated carbocycles. The summed E-state index contributed by atoms with van der Waals surface area (Å²) in [6.45, 7) is 1.50. The SMILES string of the molecule is COC(=O)c1ccc(-n2nc(C)c3c(C(F)(F)F)cc(-c4cccnc4)nc32)cc1. The molecule has 9 heteroatoms. The van der Waals surface area contributed by atoms with Crippen LogP contribution in [0.5, 0.6) is 0 Å². The molecule has 0 unspecified atom stereocenters. The number of aryl methyl sites for hydroxylation is 1. The van der Waals surface area contributed by atoms with Gasteiger partial charge in [0.1, 0.15) is 0 Å². The molecule has 0 saturated heterocycles. The van der Waals surface area contributed by atoms with Gasteiger partial charge in [0.2, 0.25) is 0 Å². The summed E-state index contributed by atoms with van der Waals surface area (Å²) >= 11 is 0. The molecule has 0 radical (unpaired) electrons. The highest BCUT2D eigenvalue weighted by molar-refractivity contribution is 5.90. The first-order valence-electron chi connectivity index (χ1n) is 8.86. The Hall–Kier alpha value is -3.75. The molecule has 0 spiro atoms. The average molecular weight is 412 g/mol. The fourth-order valence-electron chi connectivity index (χ4n) is 3.21. The third-order valence-electron chi connectivity index (χ3n) is 4.61. The van der Waals surface area contributed by atoms with Crippen LogP contribution in [0.2, 0.25) is 0 Å². The number of esters is 1. The van der Waals surface area contributed by atoms with Gasteiger partial charge in [0.05, 0.1) is 40.7 Å². The number of ether oxygens (including phenoxy) is 1. The molecule has 0 atom stereocenters. The van der Waals surface area contributed by atoms with E-state index in [-0.39, 0.29) is 22.4 Å². The zero-order valence-corrected chi connectivity index (χ0v) is 15.9. The third-order valence-corrected chi connectivity index (χ3v) is 4.61. The number of alkyl halides is 3. The minimum Gasteiger partial charge on any atom is -0.465 e. The van der Waals surface area contributed by atoms with E-state index < -0.39 is 17.7 Å². The van der Waals surface area contributed by atoms with Gasteiger partial charge < -0.3 is 4.74 Å². The van der Waals surface area contributed by atoms with Gasteiger partial charge in [0, 0.05) is 18.0 Å². The molecule has 1 aromatic carbocycles. The van der Waals surface area contributed by atoms with Gasteiger partial charge in [-0.05, 0) is 49.4 Å². The molecule has 0 bridgehead atoms. The Morgan fingerprint density at radius 3 is 2.47 bits per heavy atom. The first kappa shape index (κ1) is 19.6. The zero-order chi connectivity index (χ0) is 21.5. The number of hydrogen-bond donors (Lipinski definition) is 0. The Labute approximate surface area is 169 Å². The summed E-state index contributed by atoms with van der Waals surface area (Å²) in [4.78, 5) is 20.1. The monoisotopic (exact) mass is 412 g/mol. The van der Waals surface area contributed by atoms with Gasteiger partial charge in [-0.2, -0.15) is 18.3 Å². The number of halogens is 3. The number of nitrogens with zero attached hydrogens (tertiary/aromatic N) is 4. The summed E-state index contributed by atoms with van der Waals surface area (Å²) in [5.74, 6) is -0.514. The van der Waals surface area contributed by atoms with E-state index in [1.54, 1.807) is 24.3 Å². The quantitative estimate of drug-likeness (QED) is 0.460. The zero-order valence-electron chi connectivity index (χ0n) is 15.9. The van der Waals surface area contributed by atoms with Crippen LogP contribution in [0, 0.1) is 6.92 Å². The second-order valence-electron chi connectivity index (χ2n) is 6.53. The molecular formula is C21H15F3N4O2. The lowest BCUT2D eigenvalue weighted by Crippen LogP contribution is -2.08. The Morgan fingerprint density at radius 1 is 1.13 bits per heavy atom. The lowest BCUT2D eigenvalue weighted by Gasteiger charge is -2.12. The first-order chi connectivity index (χ1) is 14.3. The maximum absolute atomic E-state index is 13.9. The van der Waals surface area contributed by atoms with E-state index >= 15 is 0 Å². The second kappa shape index (κ2) is 7.25. The van der Waals surface area contributed by atoms with Crippen molar-refractivity contribution in [3.63, 3.8) is 0 Å². The van der Waals surface area contributed by atoms with E-state index in [4.69, 9.17) is 0 Å². The minimum atomic E-state index is -4.59. The van der Waals surface area contributed by atoms with E-state index in [1.165, 1.54) is 43.2 Å². The summed E-state index contributed by atoms with van der Waals surface area (Å²) in [5, 5.41) is 4.21. The second-order valence-corrected chi connectivity index (χ2v) is 6.53. The number of methoxy groups -OCH3 is 1. The van der Waals surface area contributed by atoms with Gasteiger partial charge in [-0.1, -0.05) is 0 Å². The molecule has 6 nitrogen and oxygen atoms in total. The lowest BCUT2D eigenvalue weighted by molar-refractivity contribution is -0.136. The van der Waals surface area contributed by atoms with E-state index in [2.05, 4.69) is 19.8 Å². The minimum absolute atomic E-state index is 0.0620. The summed E-state index contributed by atoms with van der Waals surface area (Å²) in [5.41, 5.74) is 0.804. The number of fused-ring (bicyclic) bond motifs is 1. The van der Waals surface area contributed by atoms with Crippen molar-refractivity contribution in [2.45, 2.75) is 13.1 Å². The van der Waals surface area contributed by atoms with Crippen LogP contribution in [0.1, 0.15) is 21.6 Å². The predicted octanol–water partition coefficient (Wildman–Crippen LogP) is 4.60. The molecule has 152 valence electrons. The molecule has 4 rings (SSSR count). The van der Waals surface area contributed by atoms with Crippen LogP contribution in [0.4, 0.5) is 13.2 Å². The number of benzene rings is 1. The summed E-state index contributed by atoms with van der Waals surface area (Å²) in [6.07, 6.45) is -1.61. The molecule has 0 aliphatic heterocycles. The summed E-state index contributed by atoms with van der Waals surface area (Å²) < 4.78 is 47.6. The van der Waals surface area contributed by atoms with E-state index in [0.717, 1.165) is 6.07 Å². The Morgan fingerprint density at radius 2 is 1.87 bits per heavy atom. The highest BCUT2D eigenvalue weighted by Gasteiger charge is 2.35. The van der Waals surface area contributed by atoms with Crippen molar-refractivity contribution < 1.29 is 22.7 Å². The number of pyridine rings is 2. The molecule has 30 heavy (non-hydrogen) atoms. The van der Waals surface area contributed by atoms with Gasteiger partial charge in [0.15, 0.2) is 5.65 Å². The van der Waals surface area contributed by atoms with Crippen LogP contribution in [0.15, 0.2) is 54.9 Å². The maximum Gasteiger partial charge on any atom is 0.417 e. The van der Waals surface area contributed by atoms with Gasteiger partial charge >= 0.3 is 12.1 Å². The van der Waals surface area contributed by atoms with Crippen LogP contribution < -0.4 is 0 Å². The molecular weight excluding hydrogens is 397 g/mol. The van der Waals surface area contributed by atoms with Crippen LogP contribution in [0.25, 0.3) is 28.0 Å². The molecule has 0 fully saturated rings. The fraction of sp³-hybridized carbons (Fsp3) is 0.143. The van der Waals surface area contributed by atoms with Gasteiger partial charge in [-0.15, -0.1) is 0 Å². The van der Waals surface area contributed by atoms with Crippen molar-refractivity contribution in [2.24, 2.45) is 0 Å². The highest BCUT2D eigenvalue weighted by Crippen LogP contribution is 2.38. The van der Waals surface area contributed by atoms with Gasteiger partial charge in [-0.25, -0.2) is 14.5 Å². The number of carbonyl (C=O) groups excluding carboxylic acids is 1. The van der Waals surface area contributed by atoms with Crippen molar-refractivity contribution in [3.05, 3.63) is 71.7 Å². The topological polar surface area (TPSA) is 69.9 Å². The van der Waals surface area contributed by atoms with Crippen LogP contribution in [0.3, 0.4) is 0 Å². The van der Waals surface area contributed by atoms with Gasteiger partial charge in [0.25, 0.3) is 0 Å². The Bertz CT molecular complexity index is 1230. The highest BCUT2D eigenvalue weighted by atomic mass is 19.4.